The molecule has 2 aromatic heterocycles. The van der Waals surface area contributed by atoms with Gasteiger partial charge in [0.1, 0.15) is 12.9 Å². The minimum atomic E-state index is -0.486. The molecule has 0 fully saturated rings. The molecule has 8 nitrogen and oxygen atoms in total. The molecule has 2 aromatic carbocycles. The van der Waals surface area contributed by atoms with E-state index < -0.39 is 6.61 Å². The van der Waals surface area contributed by atoms with Crippen molar-refractivity contribution in [3.8, 4) is 11.1 Å². The lowest BCUT2D eigenvalue weighted by atomic mass is 10.0. The van der Waals surface area contributed by atoms with Gasteiger partial charge in [-0.05, 0) is 64.9 Å². The molecule has 0 saturated carbocycles. The van der Waals surface area contributed by atoms with Crippen LogP contribution in [0, 0.1) is 0 Å². The van der Waals surface area contributed by atoms with E-state index >= 15 is 0 Å². The number of aliphatic hydroxyl groups excluding tert-OH is 1. The highest BCUT2D eigenvalue weighted by atomic mass is 16.3. The summed E-state index contributed by atoms with van der Waals surface area (Å²) in [4.78, 5) is 30.5. The molecule has 34 heavy (non-hydrogen) atoms. The highest BCUT2D eigenvalue weighted by Crippen LogP contribution is 2.24. The van der Waals surface area contributed by atoms with Crippen LogP contribution in [-0.2, 0) is 29.0 Å². The van der Waals surface area contributed by atoms with E-state index in [0.29, 0.717) is 18.8 Å². The average Bonchev–Trinajstić information content (AvgIpc) is 3.22. The van der Waals surface area contributed by atoms with Crippen molar-refractivity contribution < 1.29 is 14.7 Å². The molecule has 0 unspecified atom stereocenters. The van der Waals surface area contributed by atoms with Gasteiger partial charge in [-0.2, -0.15) is 5.10 Å². The Balaban J connectivity index is 1.24. The molecular formula is C26H25N5O3. The second kappa shape index (κ2) is 9.44. The molecule has 5 rings (SSSR count). The van der Waals surface area contributed by atoms with Crippen LogP contribution in [0.5, 0.6) is 0 Å². The maximum Gasteiger partial charge on any atom is 0.248 e. The van der Waals surface area contributed by atoms with Crippen LogP contribution in [0.1, 0.15) is 23.1 Å². The number of aryl methyl sites for hydroxylation is 1. The van der Waals surface area contributed by atoms with Crippen LogP contribution in [0.4, 0.5) is 5.69 Å². The number of hydrogen-bond donors (Lipinski definition) is 2. The first-order valence-corrected chi connectivity index (χ1v) is 11.3. The van der Waals surface area contributed by atoms with Gasteiger partial charge < -0.3 is 15.3 Å². The number of benzene rings is 2. The Kier molecular flexibility index (Phi) is 6.05. The van der Waals surface area contributed by atoms with Gasteiger partial charge in [0.15, 0.2) is 5.65 Å². The molecule has 2 N–H and O–H groups in total. The number of carbonyl (C=O) groups excluding carboxylic acids is 2. The molecular weight excluding hydrogens is 430 g/mol. The molecule has 0 atom stereocenters. The lowest BCUT2D eigenvalue weighted by molar-refractivity contribution is -0.134. The number of amides is 2. The topological polar surface area (TPSA) is 99.8 Å². The number of carbonyl (C=O) groups is 2. The lowest BCUT2D eigenvalue weighted by Crippen LogP contribution is -2.32. The summed E-state index contributed by atoms with van der Waals surface area (Å²) >= 11 is 0. The van der Waals surface area contributed by atoms with Gasteiger partial charge in [0.25, 0.3) is 0 Å². The predicted molar refractivity (Wildman–Crippen MR) is 128 cm³/mol. The van der Waals surface area contributed by atoms with Gasteiger partial charge in [-0.3, -0.25) is 9.59 Å². The predicted octanol–water partition coefficient (Wildman–Crippen LogP) is 2.84. The summed E-state index contributed by atoms with van der Waals surface area (Å²) in [7, 11) is 0. The van der Waals surface area contributed by atoms with Gasteiger partial charge in [-0.25, -0.2) is 9.50 Å². The number of fused-ring (bicyclic) bond motifs is 2. The molecule has 0 radical (unpaired) electrons. The van der Waals surface area contributed by atoms with Crippen LogP contribution in [0.3, 0.4) is 0 Å². The van der Waals surface area contributed by atoms with E-state index in [9.17, 15) is 14.7 Å². The smallest absolute Gasteiger partial charge is 0.248 e. The molecule has 2 amide bonds. The van der Waals surface area contributed by atoms with Crippen LogP contribution in [0.15, 0.2) is 67.1 Å². The van der Waals surface area contributed by atoms with Crippen LogP contribution in [0.2, 0.25) is 0 Å². The van der Waals surface area contributed by atoms with Crippen LogP contribution >= 0.6 is 0 Å². The van der Waals surface area contributed by atoms with Gasteiger partial charge in [0, 0.05) is 25.0 Å². The molecule has 0 spiro atoms. The second-order valence-electron chi connectivity index (χ2n) is 8.46. The normalized spacial score (nSPS) is 13.4. The fourth-order valence-corrected chi connectivity index (χ4v) is 4.35. The number of nitrogens with zero attached hydrogens (tertiary/aromatic N) is 4. The Morgan fingerprint density at radius 2 is 1.85 bits per heavy atom. The quantitative estimate of drug-likeness (QED) is 0.482. The maximum absolute atomic E-state index is 12.7. The molecule has 0 aliphatic carbocycles. The first-order chi connectivity index (χ1) is 16.6. The highest BCUT2D eigenvalue weighted by molar-refractivity contribution is 5.92. The van der Waals surface area contributed by atoms with E-state index in [1.807, 2.05) is 60.8 Å². The molecule has 1 aliphatic heterocycles. The Morgan fingerprint density at radius 3 is 2.68 bits per heavy atom. The van der Waals surface area contributed by atoms with Crippen molar-refractivity contribution in [1.29, 1.82) is 0 Å². The van der Waals surface area contributed by atoms with Crippen molar-refractivity contribution >= 4 is 23.1 Å². The van der Waals surface area contributed by atoms with Gasteiger partial charge in [0.05, 0.1) is 6.42 Å². The standard InChI is InChI=1S/C26H25N5O3/c32-16-26(34)30-10-1-2-19-7-8-23(13-22(19)15-30)29-25(33)12-18-3-5-20(6-4-18)21-9-11-31-24(14-21)27-17-28-31/h3-9,11,13-14,17,32H,1-2,10,12,15-16H2,(H,29,33). The zero-order valence-electron chi connectivity index (χ0n) is 18.6. The Morgan fingerprint density at radius 1 is 1.00 bits per heavy atom. The minimum Gasteiger partial charge on any atom is -0.387 e. The number of aromatic nitrogens is 3. The number of rotatable bonds is 5. The summed E-state index contributed by atoms with van der Waals surface area (Å²) in [5.41, 5.74) is 6.67. The molecule has 0 bridgehead atoms. The molecule has 1 aliphatic rings. The molecule has 0 saturated heterocycles. The Labute approximate surface area is 196 Å². The van der Waals surface area contributed by atoms with Crippen LogP contribution < -0.4 is 5.32 Å². The molecule has 172 valence electrons. The van der Waals surface area contributed by atoms with Crippen molar-refractivity contribution in [2.24, 2.45) is 0 Å². The first kappa shape index (κ1) is 21.8. The summed E-state index contributed by atoms with van der Waals surface area (Å²) in [6, 6.07) is 17.7. The third-order valence-electron chi connectivity index (χ3n) is 6.15. The van der Waals surface area contributed by atoms with E-state index in [1.165, 1.54) is 11.9 Å². The van der Waals surface area contributed by atoms with Crippen LogP contribution in [-0.4, -0.2) is 49.6 Å². The van der Waals surface area contributed by atoms with E-state index in [4.69, 9.17) is 0 Å². The minimum absolute atomic E-state index is 0.102. The van der Waals surface area contributed by atoms with E-state index in [-0.39, 0.29) is 18.2 Å². The van der Waals surface area contributed by atoms with Crippen molar-refractivity contribution in [3.05, 3.63) is 83.8 Å². The first-order valence-electron chi connectivity index (χ1n) is 11.3. The third kappa shape index (κ3) is 4.67. The Bertz CT molecular complexity index is 1350. The van der Waals surface area contributed by atoms with Crippen molar-refractivity contribution in [2.75, 3.05) is 18.5 Å². The fraction of sp³-hybridized carbons (Fsp3) is 0.231. The number of anilines is 1. The number of hydrogen-bond acceptors (Lipinski definition) is 5. The number of nitrogens with one attached hydrogen (secondary N) is 1. The largest absolute Gasteiger partial charge is 0.387 e. The second-order valence-corrected chi connectivity index (χ2v) is 8.46. The van der Waals surface area contributed by atoms with Gasteiger partial charge in [-0.15, -0.1) is 0 Å². The third-order valence-corrected chi connectivity index (χ3v) is 6.15. The van der Waals surface area contributed by atoms with Gasteiger partial charge in [0.2, 0.25) is 11.8 Å². The summed E-state index contributed by atoms with van der Waals surface area (Å²) in [5.74, 6) is -0.374. The summed E-state index contributed by atoms with van der Waals surface area (Å²) < 4.78 is 1.71. The van der Waals surface area contributed by atoms with Gasteiger partial charge in [-0.1, -0.05) is 30.3 Å². The lowest BCUT2D eigenvalue weighted by Gasteiger charge is -2.20. The molecule has 3 heterocycles. The zero-order valence-corrected chi connectivity index (χ0v) is 18.6. The Hall–Kier alpha value is -4.04. The van der Waals surface area contributed by atoms with Crippen molar-refractivity contribution in [3.63, 3.8) is 0 Å². The van der Waals surface area contributed by atoms with Crippen molar-refractivity contribution in [2.45, 2.75) is 25.8 Å². The zero-order chi connectivity index (χ0) is 23.5. The summed E-state index contributed by atoms with van der Waals surface area (Å²) in [5, 5.41) is 16.3. The SMILES string of the molecule is O=C(Cc1ccc(-c2ccn3ncnc3c2)cc1)Nc1ccc2c(c1)CN(C(=O)CO)CCC2. The summed E-state index contributed by atoms with van der Waals surface area (Å²) in [6.07, 6.45) is 5.38. The fourth-order valence-electron chi connectivity index (χ4n) is 4.35. The van der Waals surface area contributed by atoms with E-state index in [1.54, 1.807) is 9.42 Å². The average molecular weight is 456 g/mol. The highest BCUT2D eigenvalue weighted by Gasteiger charge is 2.19. The maximum atomic E-state index is 12.7. The summed E-state index contributed by atoms with van der Waals surface area (Å²) in [6.45, 7) is 0.582. The number of aliphatic hydroxyl groups is 1. The monoisotopic (exact) mass is 455 g/mol. The molecule has 4 aromatic rings. The van der Waals surface area contributed by atoms with Gasteiger partial charge >= 0.3 is 0 Å². The van der Waals surface area contributed by atoms with Crippen molar-refractivity contribution in [1.82, 2.24) is 19.5 Å². The van der Waals surface area contributed by atoms with E-state index in [0.717, 1.165) is 40.7 Å². The van der Waals surface area contributed by atoms with Crippen LogP contribution in [0.25, 0.3) is 16.8 Å². The molecule has 8 heteroatoms. The number of pyridine rings is 1. The van der Waals surface area contributed by atoms with E-state index in [2.05, 4.69) is 15.4 Å².